The number of hydrogen-bond acceptors (Lipinski definition) is 3. The van der Waals surface area contributed by atoms with Crippen LogP contribution in [0.5, 0.6) is 0 Å². The maximum Gasteiger partial charge on any atom is 0.273 e. The van der Waals surface area contributed by atoms with Crippen LogP contribution in [-0.2, 0) is 0 Å². The van der Waals surface area contributed by atoms with E-state index in [1.165, 1.54) is 0 Å². The molecule has 0 unspecified atom stereocenters. The van der Waals surface area contributed by atoms with Gasteiger partial charge in [0, 0.05) is 7.05 Å². The van der Waals surface area contributed by atoms with Crippen molar-refractivity contribution in [2.75, 3.05) is 7.05 Å². The van der Waals surface area contributed by atoms with E-state index in [0.717, 1.165) is 0 Å². The summed E-state index contributed by atoms with van der Waals surface area (Å²) in [7, 11) is 1.55. The third kappa shape index (κ3) is 0.975. The molecule has 1 rings (SSSR count). The smallest absolute Gasteiger partial charge is 0.273 e. The molecule has 0 aliphatic rings. The molecule has 2 N–H and O–H groups in total. The van der Waals surface area contributed by atoms with Crippen molar-refractivity contribution < 1.29 is 4.79 Å². The lowest BCUT2D eigenvalue weighted by Crippen LogP contribution is -2.19. The summed E-state index contributed by atoms with van der Waals surface area (Å²) in [6, 6.07) is 0. The van der Waals surface area contributed by atoms with Crippen LogP contribution < -0.4 is 5.32 Å². The lowest BCUT2D eigenvalue weighted by Gasteiger charge is -1.91. The van der Waals surface area contributed by atoms with Crippen molar-refractivity contribution >= 4 is 5.91 Å². The molecule has 0 aliphatic carbocycles. The Morgan fingerprint density at radius 3 is 2.70 bits per heavy atom. The first-order chi connectivity index (χ1) is 4.75. The van der Waals surface area contributed by atoms with Crippen molar-refractivity contribution in [3.8, 4) is 0 Å². The van der Waals surface area contributed by atoms with E-state index >= 15 is 0 Å². The number of aryl methyl sites for hydroxylation is 1. The van der Waals surface area contributed by atoms with Gasteiger partial charge >= 0.3 is 0 Å². The predicted octanol–water partition coefficient (Wildman–Crippen LogP) is -0.527. The van der Waals surface area contributed by atoms with Gasteiger partial charge in [-0.25, -0.2) is 0 Å². The van der Waals surface area contributed by atoms with Crippen LogP contribution in [0.25, 0.3) is 0 Å². The molecule has 0 radical (unpaired) electrons. The van der Waals surface area contributed by atoms with Gasteiger partial charge in [-0.05, 0) is 6.92 Å². The summed E-state index contributed by atoms with van der Waals surface area (Å²) in [6.07, 6.45) is 0. The lowest BCUT2D eigenvalue weighted by molar-refractivity contribution is 0.0957. The van der Waals surface area contributed by atoms with Crippen LogP contribution >= 0.6 is 0 Å². The van der Waals surface area contributed by atoms with Crippen LogP contribution in [0.1, 0.15) is 16.2 Å². The molecule has 0 aliphatic heterocycles. The van der Waals surface area contributed by atoms with Crippen LogP contribution in [-0.4, -0.2) is 28.4 Å². The minimum atomic E-state index is -0.216. The molecule has 5 heteroatoms. The van der Waals surface area contributed by atoms with Gasteiger partial charge in [0.1, 0.15) is 0 Å². The third-order valence-electron chi connectivity index (χ3n) is 1.16. The zero-order valence-electron chi connectivity index (χ0n) is 5.80. The number of carbonyl (C=O) groups excluding carboxylic acids is 1. The molecule has 0 spiro atoms. The third-order valence-corrected chi connectivity index (χ3v) is 1.16. The number of H-pyrrole nitrogens is 1. The van der Waals surface area contributed by atoms with E-state index in [4.69, 9.17) is 0 Å². The molecule has 0 bridgehead atoms. The van der Waals surface area contributed by atoms with E-state index in [-0.39, 0.29) is 5.91 Å². The number of nitrogens with one attached hydrogen (secondary N) is 2. The second kappa shape index (κ2) is 2.47. The quantitative estimate of drug-likeness (QED) is 0.551. The number of rotatable bonds is 1. The summed E-state index contributed by atoms with van der Waals surface area (Å²) < 4.78 is 0. The topological polar surface area (TPSA) is 70.7 Å². The summed E-state index contributed by atoms with van der Waals surface area (Å²) in [6.45, 7) is 1.72. The van der Waals surface area contributed by atoms with Crippen molar-refractivity contribution in [3.63, 3.8) is 0 Å². The average Bonchev–Trinajstić information content (AvgIpc) is 2.34. The molecule has 5 nitrogen and oxygen atoms in total. The zero-order valence-corrected chi connectivity index (χ0v) is 5.80. The number of nitrogens with zero attached hydrogens (tertiary/aromatic N) is 2. The number of hydrogen-bond donors (Lipinski definition) is 2. The normalized spacial score (nSPS) is 9.40. The van der Waals surface area contributed by atoms with Crippen LogP contribution in [0.4, 0.5) is 0 Å². The van der Waals surface area contributed by atoms with Crippen molar-refractivity contribution in [2.45, 2.75) is 6.92 Å². The Kier molecular flexibility index (Phi) is 1.66. The second-order valence-electron chi connectivity index (χ2n) is 1.84. The Labute approximate surface area is 57.8 Å². The van der Waals surface area contributed by atoms with Gasteiger partial charge in [0.15, 0.2) is 5.69 Å². The highest BCUT2D eigenvalue weighted by molar-refractivity contribution is 5.92. The first-order valence-corrected chi connectivity index (χ1v) is 2.85. The van der Waals surface area contributed by atoms with E-state index < -0.39 is 0 Å². The number of carbonyl (C=O) groups is 1. The molecular formula is C5H8N4O. The van der Waals surface area contributed by atoms with Gasteiger partial charge in [-0.3, -0.25) is 4.79 Å². The SMILES string of the molecule is CNC(=O)c1n[nH]nc1C. The van der Waals surface area contributed by atoms with E-state index in [1.54, 1.807) is 14.0 Å². The highest BCUT2D eigenvalue weighted by Gasteiger charge is 2.09. The highest BCUT2D eigenvalue weighted by atomic mass is 16.1. The molecule has 1 aromatic heterocycles. The van der Waals surface area contributed by atoms with Crippen molar-refractivity contribution in [1.29, 1.82) is 0 Å². The lowest BCUT2D eigenvalue weighted by atomic mass is 10.3. The molecule has 1 aromatic rings. The maximum atomic E-state index is 10.9. The van der Waals surface area contributed by atoms with E-state index in [0.29, 0.717) is 11.4 Å². The zero-order chi connectivity index (χ0) is 7.56. The summed E-state index contributed by atoms with van der Waals surface area (Å²) in [5.74, 6) is -0.216. The van der Waals surface area contributed by atoms with Crippen molar-refractivity contribution in [1.82, 2.24) is 20.7 Å². The van der Waals surface area contributed by atoms with Gasteiger partial charge < -0.3 is 5.32 Å². The van der Waals surface area contributed by atoms with E-state index in [9.17, 15) is 4.79 Å². The highest BCUT2D eigenvalue weighted by Crippen LogP contribution is 1.96. The van der Waals surface area contributed by atoms with E-state index in [2.05, 4.69) is 20.7 Å². The molecule has 54 valence electrons. The van der Waals surface area contributed by atoms with Gasteiger partial charge in [-0.1, -0.05) is 0 Å². The molecule has 0 aromatic carbocycles. The van der Waals surface area contributed by atoms with E-state index in [1.807, 2.05) is 0 Å². The molecule has 10 heavy (non-hydrogen) atoms. The van der Waals surface area contributed by atoms with Crippen LogP contribution in [0.15, 0.2) is 0 Å². The molecule has 0 saturated heterocycles. The van der Waals surface area contributed by atoms with Crippen LogP contribution in [0.3, 0.4) is 0 Å². The second-order valence-corrected chi connectivity index (χ2v) is 1.84. The number of aromatic amines is 1. The summed E-state index contributed by atoms with van der Waals surface area (Å²) in [5, 5.41) is 12.1. The summed E-state index contributed by atoms with van der Waals surface area (Å²) in [5.41, 5.74) is 0.960. The number of amides is 1. The number of aromatic nitrogens is 3. The minimum Gasteiger partial charge on any atom is -0.354 e. The standard InChI is InChI=1S/C5H8N4O/c1-3-4(5(10)6-2)8-9-7-3/h1-2H3,(H,6,10)(H,7,8,9). The Morgan fingerprint density at radius 2 is 2.30 bits per heavy atom. The molecule has 0 atom stereocenters. The molecule has 0 saturated carbocycles. The van der Waals surface area contributed by atoms with Crippen LogP contribution in [0, 0.1) is 6.92 Å². The van der Waals surface area contributed by atoms with Gasteiger partial charge in [0.2, 0.25) is 0 Å². The summed E-state index contributed by atoms with van der Waals surface area (Å²) >= 11 is 0. The first kappa shape index (κ1) is 6.73. The summed E-state index contributed by atoms with van der Waals surface area (Å²) in [4.78, 5) is 10.9. The first-order valence-electron chi connectivity index (χ1n) is 2.85. The van der Waals surface area contributed by atoms with Gasteiger partial charge in [0.25, 0.3) is 5.91 Å². The fraction of sp³-hybridized carbons (Fsp3) is 0.400. The Hall–Kier alpha value is -1.39. The largest absolute Gasteiger partial charge is 0.354 e. The Balaban J connectivity index is 2.93. The van der Waals surface area contributed by atoms with Crippen LogP contribution in [0.2, 0.25) is 0 Å². The molecule has 1 heterocycles. The Bertz CT molecular complexity index is 242. The van der Waals surface area contributed by atoms with Gasteiger partial charge in [-0.2, -0.15) is 15.4 Å². The monoisotopic (exact) mass is 140 g/mol. The molecule has 0 fully saturated rings. The van der Waals surface area contributed by atoms with Crippen molar-refractivity contribution in [3.05, 3.63) is 11.4 Å². The van der Waals surface area contributed by atoms with Crippen molar-refractivity contribution in [2.24, 2.45) is 0 Å². The fourth-order valence-electron chi connectivity index (χ4n) is 0.617. The fourth-order valence-corrected chi connectivity index (χ4v) is 0.617. The van der Waals surface area contributed by atoms with Gasteiger partial charge in [0.05, 0.1) is 5.69 Å². The average molecular weight is 140 g/mol. The predicted molar refractivity (Wildman–Crippen MR) is 34.5 cm³/mol. The minimum absolute atomic E-state index is 0.216. The van der Waals surface area contributed by atoms with Gasteiger partial charge in [-0.15, -0.1) is 0 Å². The maximum absolute atomic E-state index is 10.9. The molecule has 1 amide bonds. The molecular weight excluding hydrogens is 132 g/mol. The Morgan fingerprint density at radius 1 is 1.60 bits per heavy atom.